The molecular weight excluding hydrogens is 430 g/mol. The van der Waals surface area contributed by atoms with Gasteiger partial charge < -0.3 is 0 Å². The molecule has 0 fully saturated rings. The van der Waals surface area contributed by atoms with Crippen LogP contribution in [0.1, 0.15) is 65.2 Å². The summed E-state index contributed by atoms with van der Waals surface area (Å²) in [4.78, 5) is 0. The standard InChI is InChI=1S/2C9H13.C2H7Si.2ClH.Zr/c2*1-2-3-6-9-7-4-5-8-9;1-3-2;;;/h2*4,7H,2-3,5-6H2,1H3;3H,1-2H3;2*1H;/q2*-1;;;;+2. The molecule has 0 unspecified atom stereocenters. The zero-order valence-electron chi connectivity index (χ0n) is 15.9. The summed E-state index contributed by atoms with van der Waals surface area (Å²) in [5.41, 5.74) is 2.83. The van der Waals surface area contributed by atoms with Crippen molar-refractivity contribution in [1.29, 1.82) is 0 Å². The van der Waals surface area contributed by atoms with Gasteiger partial charge in [0, 0.05) is 9.52 Å². The first-order valence-corrected chi connectivity index (χ1v) is 10.9. The number of hydrogen-bond acceptors (Lipinski definition) is 0. The second-order valence-electron chi connectivity index (χ2n) is 5.40. The molecule has 137 valence electrons. The smallest absolute Gasteiger partial charge is 0.269 e. The number of unbranched alkanes of at least 4 members (excludes halogenated alkanes) is 2. The average Bonchev–Trinajstić information content (AvgIpc) is 3.18. The summed E-state index contributed by atoms with van der Waals surface area (Å²) in [6.07, 6.45) is 25.1. The maximum absolute atomic E-state index is 3.30. The molecule has 1 radical (unpaired) electrons. The molecule has 2 rings (SSSR count). The van der Waals surface area contributed by atoms with Gasteiger partial charge in [-0.1, -0.05) is 65.5 Å². The van der Waals surface area contributed by atoms with Crippen molar-refractivity contribution in [2.75, 3.05) is 0 Å². The summed E-state index contributed by atoms with van der Waals surface area (Å²) in [5, 5.41) is 0. The fourth-order valence-corrected chi connectivity index (χ4v) is 1.98. The Hall–Kier alpha value is 0.640. The Bertz CT molecular complexity index is 327. The van der Waals surface area contributed by atoms with E-state index < -0.39 is 0 Å². The van der Waals surface area contributed by atoms with Crippen LogP contribution in [0.5, 0.6) is 0 Å². The number of allylic oxidation sites excluding steroid dienone is 8. The molecule has 2 aliphatic carbocycles. The zero-order chi connectivity index (χ0) is 15.8. The van der Waals surface area contributed by atoms with E-state index in [0.29, 0.717) is 0 Å². The van der Waals surface area contributed by atoms with Crippen LogP contribution in [0, 0.1) is 12.2 Å². The van der Waals surface area contributed by atoms with E-state index in [0.717, 1.165) is 22.4 Å². The molecule has 24 heavy (non-hydrogen) atoms. The first-order valence-electron chi connectivity index (χ1n) is 8.54. The van der Waals surface area contributed by atoms with E-state index in [1.807, 2.05) is 0 Å². The topological polar surface area (TPSA) is 0 Å². The Labute approximate surface area is 185 Å². The monoisotopic (exact) mass is 463 g/mol. The quantitative estimate of drug-likeness (QED) is 0.290. The van der Waals surface area contributed by atoms with Gasteiger partial charge in [0.2, 0.25) is 0 Å². The third-order valence-corrected chi connectivity index (χ3v) is 3.13. The predicted molar refractivity (Wildman–Crippen MR) is 113 cm³/mol. The molecule has 0 saturated carbocycles. The van der Waals surface area contributed by atoms with Crippen molar-refractivity contribution in [3.05, 3.63) is 47.6 Å². The summed E-state index contributed by atoms with van der Waals surface area (Å²) < 4.78 is 0. The molecule has 0 aliphatic heterocycles. The maximum atomic E-state index is 3.30. The molecule has 0 bridgehead atoms. The average molecular weight is 466 g/mol. The minimum Gasteiger partial charge on any atom is -0.269 e. The molecule has 0 aromatic heterocycles. The van der Waals surface area contributed by atoms with Gasteiger partial charge in [-0.3, -0.25) is 12.2 Å². The molecule has 0 atom stereocenters. The molecule has 0 heterocycles. The fraction of sp³-hybridized carbons (Fsp3) is 0.600. The minimum absolute atomic E-state index is 0. The first kappa shape index (κ1) is 32.3. The van der Waals surface area contributed by atoms with Crippen molar-refractivity contribution in [3.8, 4) is 0 Å². The van der Waals surface area contributed by atoms with E-state index in [9.17, 15) is 0 Å². The normalized spacial score (nSPS) is 13.0. The van der Waals surface area contributed by atoms with Gasteiger partial charge in [-0.2, -0.15) is 12.2 Å². The summed E-state index contributed by atoms with van der Waals surface area (Å²) in [6.45, 7) is 8.86. The fourth-order valence-electron chi connectivity index (χ4n) is 1.98. The number of rotatable bonds is 6. The maximum Gasteiger partial charge on any atom is 2.00 e. The van der Waals surface area contributed by atoms with Gasteiger partial charge >= 0.3 is 26.2 Å². The summed E-state index contributed by atoms with van der Waals surface area (Å²) in [6, 6.07) is 0. The van der Waals surface area contributed by atoms with E-state index in [2.05, 4.69) is 63.4 Å². The van der Waals surface area contributed by atoms with Crippen molar-refractivity contribution in [2.45, 2.75) is 78.3 Å². The van der Waals surface area contributed by atoms with Crippen molar-refractivity contribution < 1.29 is 26.2 Å². The van der Waals surface area contributed by atoms with E-state index in [-0.39, 0.29) is 51.0 Å². The van der Waals surface area contributed by atoms with Gasteiger partial charge in [0.1, 0.15) is 0 Å². The summed E-state index contributed by atoms with van der Waals surface area (Å²) >= 11 is 0. The van der Waals surface area contributed by atoms with E-state index in [4.69, 9.17) is 0 Å². The Morgan fingerprint density at radius 2 is 1.17 bits per heavy atom. The molecule has 0 amide bonds. The molecule has 0 nitrogen and oxygen atoms in total. The van der Waals surface area contributed by atoms with Crippen LogP contribution >= 0.6 is 24.8 Å². The third kappa shape index (κ3) is 20.7. The van der Waals surface area contributed by atoms with Crippen LogP contribution in [0.25, 0.3) is 0 Å². The first-order chi connectivity index (χ1) is 10.3. The number of hydrogen-bond donors (Lipinski definition) is 0. The Balaban J connectivity index is -0.000000130. The van der Waals surface area contributed by atoms with E-state index in [1.54, 1.807) is 0 Å². The molecule has 2 aliphatic rings. The summed E-state index contributed by atoms with van der Waals surface area (Å²) in [5.74, 6) is 0. The second kappa shape index (κ2) is 25.9. The minimum atomic E-state index is 0. The van der Waals surface area contributed by atoms with Crippen LogP contribution < -0.4 is 0 Å². The summed E-state index contributed by atoms with van der Waals surface area (Å²) in [7, 11) is 0.750. The van der Waals surface area contributed by atoms with Crippen molar-refractivity contribution in [3.63, 3.8) is 0 Å². The van der Waals surface area contributed by atoms with Crippen LogP contribution in [0.2, 0.25) is 13.1 Å². The Morgan fingerprint density at radius 3 is 1.38 bits per heavy atom. The van der Waals surface area contributed by atoms with Crippen LogP contribution in [0.4, 0.5) is 0 Å². The zero-order valence-corrected chi connectivity index (χ0v) is 21.1. The van der Waals surface area contributed by atoms with Crippen LogP contribution in [0.3, 0.4) is 0 Å². The van der Waals surface area contributed by atoms with Crippen LogP contribution in [-0.2, 0) is 26.2 Å². The largest absolute Gasteiger partial charge is 2.00 e. The number of halogens is 2. The van der Waals surface area contributed by atoms with Gasteiger partial charge in [-0.15, -0.1) is 37.7 Å². The van der Waals surface area contributed by atoms with E-state index >= 15 is 0 Å². The molecule has 4 heteroatoms. The molecule has 0 saturated heterocycles. The SMILES string of the molecule is CCCCC1=[C-]CC=C1.CCCCC1=[C-]CC=C1.C[SiH]C.Cl.Cl.[Zr+2]. The van der Waals surface area contributed by atoms with Gasteiger partial charge in [0.15, 0.2) is 0 Å². The van der Waals surface area contributed by atoms with Gasteiger partial charge in [0.25, 0.3) is 0 Å². The Kier molecular flexibility index (Phi) is 34.8. The molecule has 0 aromatic rings. The second-order valence-corrected chi connectivity index (χ2v) is 6.56. The van der Waals surface area contributed by atoms with Crippen LogP contribution in [0.15, 0.2) is 35.5 Å². The molecule has 0 N–H and O–H groups in total. The molecule has 0 spiro atoms. The van der Waals surface area contributed by atoms with Gasteiger partial charge in [-0.25, -0.2) is 23.3 Å². The Morgan fingerprint density at radius 1 is 0.833 bits per heavy atom. The van der Waals surface area contributed by atoms with Crippen molar-refractivity contribution >= 4 is 34.3 Å². The van der Waals surface area contributed by atoms with Gasteiger partial charge in [-0.05, 0) is 0 Å². The van der Waals surface area contributed by atoms with Crippen LogP contribution in [-0.4, -0.2) is 9.52 Å². The van der Waals surface area contributed by atoms with Crippen molar-refractivity contribution in [2.24, 2.45) is 0 Å². The molecule has 0 aromatic carbocycles. The van der Waals surface area contributed by atoms with Gasteiger partial charge in [0.05, 0.1) is 0 Å². The van der Waals surface area contributed by atoms with Crippen molar-refractivity contribution in [1.82, 2.24) is 0 Å². The predicted octanol–water partition coefficient (Wildman–Crippen LogP) is 7.09. The third-order valence-electron chi connectivity index (χ3n) is 3.13. The van der Waals surface area contributed by atoms with E-state index in [1.165, 1.54) is 49.7 Å². The molecular formula is C20H35Cl2SiZr.